The van der Waals surface area contributed by atoms with Crippen LogP contribution in [-0.2, 0) is 6.18 Å². The summed E-state index contributed by atoms with van der Waals surface area (Å²) in [6.07, 6.45) is -2.75. The van der Waals surface area contributed by atoms with Crippen molar-refractivity contribution < 1.29 is 22.7 Å². The van der Waals surface area contributed by atoms with Gasteiger partial charge in [0.25, 0.3) is 5.91 Å². The first-order valence-electron chi connectivity index (χ1n) is 9.41. The first-order chi connectivity index (χ1) is 15.3. The summed E-state index contributed by atoms with van der Waals surface area (Å²) in [6.45, 7) is 1.87. The van der Waals surface area contributed by atoms with Crippen LogP contribution >= 0.6 is 0 Å². The molecule has 0 radical (unpaired) electrons. The Balaban J connectivity index is 1.39. The van der Waals surface area contributed by atoms with Gasteiger partial charge in [-0.2, -0.15) is 18.3 Å². The fourth-order valence-corrected chi connectivity index (χ4v) is 2.80. The van der Waals surface area contributed by atoms with Crippen molar-refractivity contribution in [3.8, 4) is 17.4 Å². The van der Waals surface area contributed by atoms with Crippen LogP contribution in [0.1, 0.15) is 21.6 Å². The quantitative estimate of drug-likeness (QED) is 0.472. The highest BCUT2D eigenvalue weighted by Gasteiger charge is 2.30. The summed E-state index contributed by atoms with van der Waals surface area (Å²) < 4.78 is 45.7. The van der Waals surface area contributed by atoms with Gasteiger partial charge in [-0.1, -0.05) is 6.07 Å². The van der Waals surface area contributed by atoms with Crippen LogP contribution in [0.15, 0.2) is 72.9 Å². The van der Waals surface area contributed by atoms with Crippen LogP contribution in [-0.4, -0.2) is 25.9 Å². The number of carbonyl (C=O) groups excluding carboxylic acids is 1. The van der Waals surface area contributed by atoms with Gasteiger partial charge in [0.05, 0.1) is 11.3 Å². The van der Waals surface area contributed by atoms with Crippen LogP contribution < -0.4 is 10.1 Å². The van der Waals surface area contributed by atoms with Crippen molar-refractivity contribution in [2.75, 3.05) is 5.32 Å². The Morgan fingerprint density at radius 1 is 1.00 bits per heavy atom. The Bertz CT molecular complexity index is 1240. The number of benzene rings is 2. The van der Waals surface area contributed by atoms with Gasteiger partial charge in [0.2, 0.25) is 5.88 Å². The third-order valence-corrected chi connectivity index (χ3v) is 4.37. The fraction of sp³-hybridized carbons (Fsp3) is 0.0909. The number of alkyl halides is 3. The van der Waals surface area contributed by atoms with Crippen molar-refractivity contribution in [3.63, 3.8) is 0 Å². The number of halogens is 3. The van der Waals surface area contributed by atoms with Crippen molar-refractivity contribution >= 4 is 11.6 Å². The van der Waals surface area contributed by atoms with Crippen LogP contribution in [0.4, 0.5) is 18.9 Å². The van der Waals surface area contributed by atoms with E-state index >= 15 is 0 Å². The molecule has 7 nitrogen and oxygen atoms in total. The van der Waals surface area contributed by atoms with Gasteiger partial charge >= 0.3 is 6.18 Å². The smallest absolute Gasteiger partial charge is 0.416 e. The number of nitrogens with zero attached hydrogens (tertiary/aromatic N) is 4. The van der Waals surface area contributed by atoms with Crippen LogP contribution in [0, 0.1) is 6.92 Å². The number of carbonyl (C=O) groups is 1. The number of ether oxygens (including phenoxy) is 1. The number of hydrogen-bond donors (Lipinski definition) is 1. The molecule has 0 saturated carbocycles. The molecular weight excluding hydrogens is 423 g/mol. The molecule has 10 heteroatoms. The normalized spacial score (nSPS) is 11.2. The largest absolute Gasteiger partial charge is 0.438 e. The van der Waals surface area contributed by atoms with E-state index in [4.69, 9.17) is 4.74 Å². The lowest BCUT2D eigenvalue weighted by Crippen LogP contribution is -2.13. The number of aromatic nitrogens is 4. The zero-order chi connectivity index (χ0) is 22.7. The number of rotatable bonds is 5. The average Bonchev–Trinajstić information content (AvgIpc) is 3.21. The molecule has 0 unspecified atom stereocenters. The summed E-state index contributed by atoms with van der Waals surface area (Å²) in [5, 5.41) is 14.9. The maximum absolute atomic E-state index is 12.8. The summed E-state index contributed by atoms with van der Waals surface area (Å²) in [4.78, 5) is 12.3. The summed E-state index contributed by atoms with van der Waals surface area (Å²) >= 11 is 0. The minimum atomic E-state index is -4.52. The van der Waals surface area contributed by atoms with E-state index in [1.165, 1.54) is 12.1 Å². The number of aryl methyl sites for hydroxylation is 1. The molecule has 32 heavy (non-hydrogen) atoms. The zero-order valence-electron chi connectivity index (χ0n) is 16.7. The highest BCUT2D eigenvalue weighted by molar-refractivity contribution is 6.04. The molecule has 4 rings (SSSR count). The van der Waals surface area contributed by atoms with Crippen LogP contribution in [0.25, 0.3) is 5.82 Å². The number of anilines is 1. The Hall–Kier alpha value is -4.21. The van der Waals surface area contributed by atoms with Gasteiger partial charge < -0.3 is 10.1 Å². The van der Waals surface area contributed by atoms with Crippen LogP contribution in [0.2, 0.25) is 0 Å². The molecule has 0 spiro atoms. The predicted octanol–water partition coefficient (Wildman–Crippen LogP) is 5.03. The lowest BCUT2D eigenvalue weighted by molar-refractivity contribution is -0.137. The molecule has 1 N–H and O–H groups in total. The third kappa shape index (κ3) is 4.91. The van der Waals surface area contributed by atoms with Gasteiger partial charge in [0, 0.05) is 23.5 Å². The Morgan fingerprint density at radius 3 is 2.41 bits per heavy atom. The Morgan fingerprint density at radius 2 is 1.78 bits per heavy atom. The molecule has 2 aromatic carbocycles. The van der Waals surface area contributed by atoms with E-state index in [1.54, 1.807) is 47.3 Å². The molecule has 2 heterocycles. The van der Waals surface area contributed by atoms with Gasteiger partial charge in [-0.25, -0.2) is 4.68 Å². The molecular formula is C22H16F3N5O2. The molecule has 2 aromatic heterocycles. The standard InChI is InChI=1S/C22H16F3N5O2/c1-14-11-12-30(29-14)19-9-10-20(28-27-19)32-18-7-5-17(6-8-18)26-21(31)15-3-2-4-16(13-15)22(23,24)25/h2-13H,1H3,(H,26,31). The zero-order valence-corrected chi connectivity index (χ0v) is 16.7. The molecule has 0 aliphatic carbocycles. The van der Waals surface area contributed by atoms with Gasteiger partial charge in [-0.3, -0.25) is 4.79 Å². The molecule has 0 fully saturated rings. The van der Waals surface area contributed by atoms with E-state index in [0.29, 0.717) is 17.3 Å². The maximum Gasteiger partial charge on any atom is 0.416 e. The second-order valence-electron chi connectivity index (χ2n) is 6.79. The minimum absolute atomic E-state index is 0.0945. The van der Waals surface area contributed by atoms with Gasteiger partial charge in [-0.15, -0.1) is 10.2 Å². The second-order valence-corrected chi connectivity index (χ2v) is 6.79. The first kappa shape index (κ1) is 21.0. The molecule has 4 aromatic rings. The molecule has 1 amide bonds. The van der Waals surface area contributed by atoms with Crippen LogP contribution in [0.5, 0.6) is 11.6 Å². The average molecular weight is 439 g/mol. The van der Waals surface area contributed by atoms with Crippen molar-refractivity contribution in [1.29, 1.82) is 0 Å². The topological polar surface area (TPSA) is 81.9 Å². The Kier molecular flexibility index (Phi) is 5.59. The predicted molar refractivity (Wildman–Crippen MR) is 110 cm³/mol. The highest BCUT2D eigenvalue weighted by Crippen LogP contribution is 2.30. The minimum Gasteiger partial charge on any atom is -0.438 e. The summed E-state index contributed by atoms with van der Waals surface area (Å²) in [6, 6.07) is 15.7. The van der Waals surface area contributed by atoms with Crippen molar-refractivity contribution in [2.45, 2.75) is 13.1 Å². The highest BCUT2D eigenvalue weighted by atomic mass is 19.4. The van der Waals surface area contributed by atoms with E-state index in [-0.39, 0.29) is 11.4 Å². The number of hydrogen-bond acceptors (Lipinski definition) is 5. The SMILES string of the molecule is Cc1ccn(-c2ccc(Oc3ccc(NC(=O)c4cccc(C(F)(F)F)c4)cc3)nn2)n1. The first-order valence-corrected chi connectivity index (χ1v) is 9.41. The van der Waals surface area contributed by atoms with Crippen molar-refractivity contribution in [3.05, 3.63) is 89.7 Å². The molecule has 0 aliphatic heterocycles. The summed E-state index contributed by atoms with van der Waals surface area (Å²) in [5.41, 5.74) is 0.272. The van der Waals surface area contributed by atoms with E-state index in [0.717, 1.165) is 17.8 Å². The maximum atomic E-state index is 12.8. The van der Waals surface area contributed by atoms with Gasteiger partial charge in [-0.05, 0) is 61.5 Å². The summed E-state index contributed by atoms with van der Waals surface area (Å²) in [7, 11) is 0. The number of nitrogens with one attached hydrogen (secondary N) is 1. The lowest BCUT2D eigenvalue weighted by Gasteiger charge is -2.10. The lowest BCUT2D eigenvalue weighted by atomic mass is 10.1. The number of amides is 1. The van der Waals surface area contributed by atoms with E-state index < -0.39 is 17.6 Å². The van der Waals surface area contributed by atoms with Gasteiger partial charge in [0.1, 0.15) is 5.75 Å². The molecule has 0 aliphatic rings. The van der Waals surface area contributed by atoms with E-state index in [1.807, 2.05) is 13.0 Å². The van der Waals surface area contributed by atoms with Crippen LogP contribution in [0.3, 0.4) is 0 Å². The van der Waals surface area contributed by atoms with Crippen molar-refractivity contribution in [2.24, 2.45) is 0 Å². The van der Waals surface area contributed by atoms with E-state index in [9.17, 15) is 18.0 Å². The molecule has 0 atom stereocenters. The third-order valence-electron chi connectivity index (χ3n) is 4.37. The summed E-state index contributed by atoms with van der Waals surface area (Å²) in [5.74, 6) is 0.593. The van der Waals surface area contributed by atoms with E-state index in [2.05, 4.69) is 20.6 Å². The molecule has 0 saturated heterocycles. The second kappa shape index (κ2) is 8.50. The van der Waals surface area contributed by atoms with Crippen molar-refractivity contribution in [1.82, 2.24) is 20.0 Å². The fourth-order valence-electron chi connectivity index (χ4n) is 2.80. The Labute approximate surface area is 180 Å². The monoisotopic (exact) mass is 439 g/mol. The van der Waals surface area contributed by atoms with Gasteiger partial charge in [0.15, 0.2) is 5.82 Å². The molecule has 0 bridgehead atoms. The molecule has 162 valence electrons.